The van der Waals surface area contributed by atoms with Gasteiger partial charge in [0.1, 0.15) is 16.5 Å². The van der Waals surface area contributed by atoms with Crippen LogP contribution in [0, 0.1) is 10.1 Å². The highest BCUT2D eigenvalue weighted by atomic mass is 35.5. The molecule has 0 radical (unpaired) electrons. The lowest BCUT2D eigenvalue weighted by Gasteiger charge is -2.15. The van der Waals surface area contributed by atoms with Crippen LogP contribution in [0.1, 0.15) is 0 Å². The van der Waals surface area contributed by atoms with Crippen LogP contribution in [0.5, 0.6) is 5.75 Å². The van der Waals surface area contributed by atoms with E-state index in [9.17, 15) is 24.8 Å². The number of carbonyl (C=O) groups excluding carboxylic acids is 2. The molecule has 10 heteroatoms. The number of phenols is 1. The highest BCUT2D eigenvalue weighted by Gasteiger charge is 2.39. The Bertz CT molecular complexity index is 990. The first-order valence-electron chi connectivity index (χ1n) is 7.08. The van der Waals surface area contributed by atoms with E-state index in [0.717, 1.165) is 6.07 Å². The van der Waals surface area contributed by atoms with Gasteiger partial charge >= 0.3 is 0 Å². The van der Waals surface area contributed by atoms with Crippen LogP contribution in [0.15, 0.2) is 53.2 Å². The van der Waals surface area contributed by atoms with Gasteiger partial charge in [-0.05, 0) is 24.3 Å². The number of amides is 2. The molecule has 1 aliphatic heterocycles. The van der Waals surface area contributed by atoms with E-state index in [4.69, 9.17) is 23.2 Å². The molecule has 0 saturated carbocycles. The van der Waals surface area contributed by atoms with Gasteiger partial charge in [0.2, 0.25) is 0 Å². The van der Waals surface area contributed by atoms with E-state index < -0.39 is 21.8 Å². The fraction of sp³-hybridized carbons (Fsp3) is 0. The van der Waals surface area contributed by atoms with Crippen molar-refractivity contribution in [1.29, 1.82) is 0 Å². The Balaban J connectivity index is 1.96. The number of rotatable bonds is 4. The molecule has 0 aliphatic carbocycles. The molecule has 0 unspecified atom stereocenters. The average molecular weight is 394 g/mol. The van der Waals surface area contributed by atoms with Gasteiger partial charge in [-0.25, -0.2) is 4.90 Å². The van der Waals surface area contributed by atoms with Crippen molar-refractivity contribution in [3.05, 3.63) is 68.3 Å². The zero-order valence-electron chi connectivity index (χ0n) is 12.8. The van der Waals surface area contributed by atoms with Gasteiger partial charge in [-0.15, -0.1) is 0 Å². The molecule has 3 rings (SSSR count). The van der Waals surface area contributed by atoms with Crippen molar-refractivity contribution in [3.8, 4) is 5.75 Å². The molecular formula is C16H9Cl2N3O5. The molecule has 26 heavy (non-hydrogen) atoms. The first-order chi connectivity index (χ1) is 12.3. The van der Waals surface area contributed by atoms with E-state index >= 15 is 0 Å². The van der Waals surface area contributed by atoms with Gasteiger partial charge in [0.15, 0.2) is 0 Å². The zero-order chi connectivity index (χ0) is 19.0. The van der Waals surface area contributed by atoms with Crippen LogP contribution in [0.3, 0.4) is 0 Å². The summed E-state index contributed by atoms with van der Waals surface area (Å²) in [5, 5.41) is 23.2. The number of non-ortho nitro benzene ring substituents is 1. The van der Waals surface area contributed by atoms with Crippen molar-refractivity contribution in [2.75, 3.05) is 10.2 Å². The van der Waals surface area contributed by atoms with Crippen molar-refractivity contribution in [2.45, 2.75) is 0 Å². The van der Waals surface area contributed by atoms with Crippen molar-refractivity contribution in [1.82, 2.24) is 0 Å². The number of anilines is 2. The maximum absolute atomic E-state index is 12.6. The third kappa shape index (κ3) is 3.07. The van der Waals surface area contributed by atoms with Gasteiger partial charge < -0.3 is 10.4 Å². The number of phenolic OH excluding ortho intramolecular Hbond substituents is 1. The molecule has 8 nitrogen and oxygen atoms in total. The lowest BCUT2D eigenvalue weighted by atomic mass is 10.2. The number of carbonyl (C=O) groups is 2. The van der Waals surface area contributed by atoms with Crippen LogP contribution >= 0.6 is 23.2 Å². The standard InChI is InChI=1S/C16H9Cl2N3O5/c17-8-4-5-12(22)11(6-8)19-14-13(18)15(23)20(16(14)24)9-2-1-3-10(7-9)21(25)26/h1-7,19,22H. The number of aromatic hydroxyl groups is 1. The molecule has 0 fully saturated rings. The number of nitro groups is 1. The van der Waals surface area contributed by atoms with E-state index in [0.29, 0.717) is 4.90 Å². The highest BCUT2D eigenvalue weighted by molar-refractivity contribution is 6.53. The molecule has 2 amide bonds. The first-order valence-corrected chi connectivity index (χ1v) is 7.83. The normalized spacial score (nSPS) is 14.2. The third-order valence-electron chi connectivity index (χ3n) is 3.54. The molecule has 2 aromatic rings. The van der Waals surface area contributed by atoms with Crippen LogP contribution in [-0.2, 0) is 9.59 Å². The number of nitrogens with zero attached hydrogens (tertiary/aromatic N) is 2. The summed E-state index contributed by atoms with van der Waals surface area (Å²) in [4.78, 5) is 36.0. The van der Waals surface area contributed by atoms with Crippen molar-refractivity contribution in [2.24, 2.45) is 0 Å². The van der Waals surface area contributed by atoms with E-state index in [1.165, 1.54) is 36.4 Å². The van der Waals surface area contributed by atoms with Crippen LogP contribution in [0.2, 0.25) is 5.02 Å². The van der Waals surface area contributed by atoms with E-state index in [1.54, 1.807) is 0 Å². The maximum Gasteiger partial charge on any atom is 0.283 e. The molecule has 1 aliphatic rings. The quantitative estimate of drug-likeness (QED) is 0.356. The summed E-state index contributed by atoms with van der Waals surface area (Å²) >= 11 is 11.8. The predicted molar refractivity (Wildman–Crippen MR) is 95.2 cm³/mol. The van der Waals surface area contributed by atoms with Gasteiger partial charge in [-0.1, -0.05) is 29.3 Å². The molecule has 132 valence electrons. The second kappa shape index (κ2) is 6.66. The minimum atomic E-state index is -0.846. The highest BCUT2D eigenvalue weighted by Crippen LogP contribution is 2.34. The summed E-state index contributed by atoms with van der Waals surface area (Å²) in [7, 11) is 0. The molecule has 2 N–H and O–H groups in total. The third-order valence-corrected chi connectivity index (χ3v) is 4.13. The molecule has 1 heterocycles. The second-order valence-corrected chi connectivity index (χ2v) is 6.01. The lowest BCUT2D eigenvalue weighted by Crippen LogP contribution is -2.32. The monoisotopic (exact) mass is 393 g/mol. The summed E-state index contributed by atoms with van der Waals surface area (Å²) in [5.41, 5.74) is -0.485. The molecule has 0 atom stereocenters. The Kier molecular flexibility index (Phi) is 4.54. The summed E-state index contributed by atoms with van der Waals surface area (Å²) in [6.07, 6.45) is 0. The van der Waals surface area contributed by atoms with Crippen molar-refractivity contribution < 1.29 is 19.6 Å². The Labute approximate surface area is 156 Å². The van der Waals surface area contributed by atoms with Gasteiger partial charge in [-0.3, -0.25) is 19.7 Å². The smallest absolute Gasteiger partial charge is 0.283 e. The predicted octanol–water partition coefficient (Wildman–Crippen LogP) is 3.39. The Morgan fingerprint density at radius 2 is 1.81 bits per heavy atom. The summed E-state index contributed by atoms with van der Waals surface area (Å²) < 4.78 is 0. The van der Waals surface area contributed by atoms with E-state index in [1.807, 2.05) is 0 Å². The largest absolute Gasteiger partial charge is 0.506 e. The van der Waals surface area contributed by atoms with Crippen LogP contribution in [-0.4, -0.2) is 21.8 Å². The van der Waals surface area contributed by atoms with Gasteiger partial charge in [0.25, 0.3) is 17.5 Å². The summed E-state index contributed by atoms with van der Waals surface area (Å²) in [5.74, 6) is -1.87. The van der Waals surface area contributed by atoms with Crippen LogP contribution < -0.4 is 10.2 Å². The van der Waals surface area contributed by atoms with Crippen LogP contribution in [0.25, 0.3) is 0 Å². The topological polar surface area (TPSA) is 113 Å². The molecule has 0 bridgehead atoms. The van der Waals surface area contributed by atoms with Crippen molar-refractivity contribution in [3.63, 3.8) is 0 Å². The number of hydrogen-bond acceptors (Lipinski definition) is 6. The Morgan fingerprint density at radius 3 is 2.50 bits per heavy atom. The number of hydrogen-bond donors (Lipinski definition) is 2. The minimum absolute atomic E-state index is 0.000494. The van der Waals surface area contributed by atoms with Gasteiger partial charge in [-0.2, -0.15) is 0 Å². The maximum atomic E-state index is 12.6. The second-order valence-electron chi connectivity index (χ2n) is 5.20. The van der Waals surface area contributed by atoms with Crippen LogP contribution in [0.4, 0.5) is 17.1 Å². The fourth-order valence-electron chi connectivity index (χ4n) is 2.33. The Morgan fingerprint density at radius 1 is 1.08 bits per heavy atom. The molecule has 0 aromatic heterocycles. The number of nitro benzene ring substituents is 1. The van der Waals surface area contributed by atoms with Crippen molar-refractivity contribution >= 4 is 52.1 Å². The van der Waals surface area contributed by atoms with E-state index in [2.05, 4.69) is 5.32 Å². The fourth-order valence-corrected chi connectivity index (χ4v) is 2.72. The molecule has 0 spiro atoms. The van der Waals surface area contributed by atoms with Gasteiger partial charge in [0, 0.05) is 17.2 Å². The molecular weight excluding hydrogens is 385 g/mol. The average Bonchev–Trinajstić information content (AvgIpc) is 2.81. The summed E-state index contributed by atoms with van der Waals surface area (Å²) in [6.45, 7) is 0. The number of nitrogens with one attached hydrogen (secondary N) is 1. The summed E-state index contributed by atoms with van der Waals surface area (Å²) in [6, 6.07) is 9.12. The number of benzene rings is 2. The van der Waals surface area contributed by atoms with E-state index in [-0.39, 0.29) is 33.5 Å². The lowest BCUT2D eigenvalue weighted by molar-refractivity contribution is -0.384. The van der Waals surface area contributed by atoms with Gasteiger partial charge in [0.05, 0.1) is 16.3 Å². The minimum Gasteiger partial charge on any atom is -0.506 e. The molecule has 2 aromatic carbocycles. The Hall–Kier alpha value is -3.10. The number of imide groups is 1. The first kappa shape index (κ1) is 17.7. The SMILES string of the molecule is O=C1C(Cl)=C(Nc2cc(Cl)ccc2O)C(=O)N1c1cccc([N+](=O)[O-])c1. The number of halogens is 2. The zero-order valence-corrected chi connectivity index (χ0v) is 14.3. The molecule has 0 saturated heterocycles.